The number of hydrogen-bond donors (Lipinski definition) is 1. The summed E-state index contributed by atoms with van der Waals surface area (Å²) in [7, 11) is 0. The third-order valence-corrected chi connectivity index (χ3v) is 4.29. The molecule has 4 heteroatoms. The summed E-state index contributed by atoms with van der Waals surface area (Å²) in [5, 5.41) is 3.69. The van der Waals surface area contributed by atoms with Gasteiger partial charge in [-0.15, -0.1) is 0 Å². The molecule has 0 unspecified atom stereocenters. The van der Waals surface area contributed by atoms with Gasteiger partial charge in [0.2, 0.25) is 0 Å². The summed E-state index contributed by atoms with van der Waals surface area (Å²) >= 11 is 13.1. The number of benzene rings is 2. The van der Waals surface area contributed by atoms with E-state index in [-0.39, 0.29) is 0 Å². The molecule has 19 heavy (non-hydrogen) atoms. The predicted molar refractivity (Wildman–Crippen MR) is 93.9 cm³/mol. The number of thiocarbonyl (C=S) groups is 1. The second-order valence-corrected chi connectivity index (χ2v) is 5.38. The van der Waals surface area contributed by atoms with Crippen LogP contribution < -0.4 is 5.32 Å². The fraction of sp³-hybridized carbons (Fsp3) is 0. The van der Waals surface area contributed by atoms with Crippen LogP contribution in [0.2, 0.25) is 5.02 Å². The van der Waals surface area contributed by atoms with Gasteiger partial charge in [0.1, 0.15) is 0 Å². The Labute approximate surface area is 136 Å². The first-order valence-electron chi connectivity index (χ1n) is 5.47. The summed E-state index contributed by atoms with van der Waals surface area (Å²) in [5.41, 5.74) is 4.16. The van der Waals surface area contributed by atoms with Crippen molar-refractivity contribution >= 4 is 57.6 Å². The minimum absolute atomic E-state index is 0.688. The molecule has 2 aromatic rings. The lowest BCUT2D eigenvalue weighted by Crippen LogP contribution is -1.97. The second-order valence-electron chi connectivity index (χ2n) is 3.66. The van der Waals surface area contributed by atoms with Crippen molar-refractivity contribution in [3.63, 3.8) is 0 Å². The molecular weight excluding hydrogens is 389 g/mol. The molecule has 1 N–H and O–H groups in total. The van der Waals surface area contributed by atoms with Gasteiger partial charge in [0.25, 0.3) is 0 Å². The van der Waals surface area contributed by atoms with Crippen molar-refractivity contribution in [2.24, 2.45) is 0 Å². The van der Waals surface area contributed by atoms with Gasteiger partial charge in [-0.05, 0) is 46.9 Å². The Kier molecular flexibility index (Phi) is 5.20. The topological polar surface area (TPSA) is 12.0 Å². The van der Waals surface area contributed by atoms with Gasteiger partial charge in [-0.3, -0.25) is 0 Å². The van der Waals surface area contributed by atoms with Crippen molar-refractivity contribution < 1.29 is 0 Å². The normalized spacial score (nSPS) is 9.37. The van der Waals surface area contributed by atoms with Gasteiger partial charge in [-0.1, -0.05) is 53.9 Å². The fourth-order valence-corrected chi connectivity index (χ4v) is 2.40. The highest BCUT2D eigenvalue weighted by Gasteiger charge is 2.07. The van der Waals surface area contributed by atoms with Gasteiger partial charge in [0.05, 0.1) is 21.8 Å². The first-order chi connectivity index (χ1) is 9.22. The Bertz CT molecular complexity index is 659. The lowest BCUT2D eigenvalue weighted by atomic mass is 10.1. The number of nitrogens with one attached hydrogen (secondary N) is 1. The molecule has 0 bridgehead atoms. The summed E-state index contributed by atoms with van der Waals surface area (Å²) in [6.07, 6.45) is 0. The molecule has 1 nitrogen and oxygen atoms in total. The second kappa shape index (κ2) is 6.90. The molecule has 0 aromatic heterocycles. The summed E-state index contributed by atoms with van der Waals surface area (Å²) < 4.78 is 0.921. The summed E-state index contributed by atoms with van der Waals surface area (Å²) in [5.74, 6) is 6.28. The molecule has 2 aromatic carbocycles. The number of hydrogen-bond acceptors (Lipinski definition) is 1. The maximum Gasteiger partial charge on any atom is 0.0659 e. The molecule has 0 radical (unpaired) electrons. The van der Waals surface area contributed by atoms with E-state index in [0.29, 0.717) is 5.02 Å². The van der Waals surface area contributed by atoms with Gasteiger partial charge < -0.3 is 5.32 Å². The predicted octanol–water partition coefficient (Wildman–Crippen LogP) is 4.71. The average Bonchev–Trinajstić information content (AvgIpc) is 2.44. The molecule has 0 fully saturated rings. The van der Waals surface area contributed by atoms with Gasteiger partial charge in [-0.2, -0.15) is 0 Å². The summed E-state index contributed by atoms with van der Waals surface area (Å²) in [6.45, 7) is 0. The first kappa shape index (κ1) is 14.3. The van der Waals surface area contributed by atoms with Crippen LogP contribution in [0.4, 0.5) is 5.69 Å². The third-order valence-electron chi connectivity index (χ3n) is 2.41. The van der Waals surface area contributed by atoms with E-state index in [1.54, 1.807) is 0 Å². The highest BCUT2D eigenvalue weighted by Crippen LogP contribution is 2.27. The largest absolute Gasteiger partial charge is 0.352 e. The van der Waals surface area contributed by atoms with Crippen molar-refractivity contribution in [2.45, 2.75) is 0 Å². The van der Waals surface area contributed by atoms with Crippen molar-refractivity contribution in [3.05, 3.63) is 62.2 Å². The molecule has 94 valence electrons. The van der Waals surface area contributed by atoms with Crippen LogP contribution in [-0.2, 0) is 0 Å². The zero-order valence-corrected chi connectivity index (χ0v) is 13.5. The molecule has 0 saturated heterocycles. The average molecular weight is 398 g/mol. The van der Waals surface area contributed by atoms with E-state index >= 15 is 0 Å². The number of rotatable bonds is 2. The van der Waals surface area contributed by atoms with Crippen LogP contribution in [0.5, 0.6) is 0 Å². The molecular formula is C15H9ClINS. The highest BCUT2D eigenvalue weighted by molar-refractivity contribution is 14.1. The minimum Gasteiger partial charge on any atom is -0.352 e. The Morgan fingerprint density at radius 2 is 1.84 bits per heavy atom. The van der Waals surface area contributed by atoms with Crippen LogP contribution in [0.3, 0.4) is 0 Å². The maximum atomic E-state index is 6.13. The van der Waals surface area contributed by atoms with Crippen molar-refractivity contribution in [2.75, 3.05) is 5.32 Å². The van der Waals surface area contributed by atoms with E-state index in [1.807, 2.05) is 42.5 Å². The Morgan fingerprint density at radius 3 is 2.53 bits per heavy atom. The lowest BCUT2D eigenvalue weighted by Gasteiger charge is -2.07. The van der Waals surface area contributed by atoms with E-state index in [1.165, 1.54) is 5.49 Å². The first-order valence-corrected chi connectivity index (χ1v) is 7.40. The van der Waals surface area contributed by atoms with Gasteiger partial charge in [0.15, 0.2) is 0 Å². The quantitative estimate of drug-likeness (QED) is 0.447. The van der Waals surface area contributed by atoms with E-state index < -0.39 is 0 Å². The Balaban J connectivity index is 2.47. The third kappa shape index (κ3) is 3.69. The van der Waals surface area contributed by atoms with Gasteiger partial charge >= 0.3 is 0 Å². The monoisotopic (exact) mass is 397 g/mol. The van der Waals surface area contributed by atoms with Crippen molar-refractivity contribution in [3.8, 4) is 11.8 Å². The molecule has 0 atom stereocenters. The van der Waals surface area contributed by atoms with E-state index in [2.05, 4.69) is 39.7 Å². The van der Waals surface area contributed by atoms with Crippen LogP contribution in [0.1, 0.15) is 11.1 Å². The zero-order valence-electron chi connectivity index (χ0n) is 9.78. The fourth-order valence-electron chi connectivity index (χ4n) is 1.51. The van der Waals surface area contributed by atoms with Crippen LogP contribution in [0, 0.1) is 15.4 Å². The Morgan fingerprint density at radius 1 is 1.11 bits per heavy atom. The molecule has 0 aliphatic heterocycles. The van der Waals surface area contributed by atoms with Crippen LogP contribution >= 0.6 is 46.4 Å². The van der Waals surface area contributed by atoms with Crippen LogP contribution in [0.25, 0.3) is 0 Å². The lowest BCUT2D eigenvalue weighted by molar-refractivity contribution is 1.56. The number of halogens is 2. The van der Waals surface area contributed by atoms with Crippen molar-refractivity contribution in [1.82, 2.24) is 0 Å². The molecule has 2 rings (SSSR count). The SMILES string of the molecule is S=CNc1ccc(Cl)c(I)c1C#Cc1ccccc1. The smallest absolute Gasteiger partial charge is 0.0659 e. The Hall–Kier alpha value is -1.09. The van der Waals surface area contributed by atoms with Gasteiger partial charge in [0, 0.05) is 9.13 Å². The van der Waals surface area contributed by atoms with E-state index in [0.717, 1.165) is 20.4 Å². The zero-order chi connectivity index (χ0) is 13.7. The summed E-state index contributed by atoms with van der Waals surface area (Å²) in [4.78, 5) is 0. The standard InChI is InChI=1S/C15H9ClINS/c16-13-8-9-14(18-10-19)12(15(13)17)7-6-11-4-2-1-3-5-11/h1-5,8-10H,(H,18,19). The van der Waals surface area contributed by atoms with E-state index in [4.69, 9.17) is 23.8 Å². The molecule has 0 aliphatic rings. The molecule has 0 saturated carbocycles. The highest BCUT2D eigenvalue weighted by atomic mass is 127. The van der Waals surface area contributed by atoms with Crippen LogP contribution in [0.15, 0.2) is 42.5 Å². The minimum atomic E-state index is 0.688. The summed E-state index contributed by atoms with van der Waals surface area (Å²) in [6, 6.07) is 13.5. The number of anilines is 1. The van der Waals surface area contributed by atoms with E-state index in [9.17, 15) is 0 Å². The maximum absolute atomic E-state index is 6.13. The van der Waals surface area contributed by atoms with Crippen molar-refractivity contribution in [1.29, 1.82) is 0 Å². The molecule has 0 aliphatic carbocycles. The molecule has 0 spiro atoms. The van der Waals surface area contributed by atoms with Crippen LogP contribution in [-0.4, -0.2) is 5.49 Å². The van der Waals surface area contributed by atoms with Gasteiger partial charge in [-0.25, -0.2) is 0 Å². The molecule has 0 heterocycles. The molecule has 0 amide bonds.